The fraction of sp³-hybridized carbons (Fsp3) is 0.556. The van der Waals surface area contributed by atoms with Crippen LogP contribution in [0.1, 0.15) is 39.0 Å². The van der Waals surface area contributed by atoms with Crippen LogP contribution in [-0.2, 0) is 16.1 Å². The number of aromatic nitrogens is 3. The minimum atomic E-state index is -0.408. The zero-order chi connectivity index (χ0) is 19.2. The van der Waals surface area contributed by atoms with E-state index in [4.69, 9.17) is 10.2 Å². The van der Waals surface area contributed by atoms with Crippen molar-refractivity contribution in [3.8, 4) is 11.6 Å². The molecule has 2 unspecified atom stereocenters. The summed E-state index contributed by atoms with van der Waals surface area (Å²) in [7, 11) is 0. The lowest BCUT2D eigenvalue weighted by molar-refractivity contribution is -0.120. The quantitative estimate of drug-likeness (QED) is 0.667. The van der Waals surface area contributed by atoms with E-state index in [2.05, 4.69) is 22.4 Å². The standard InChI is InChI=1S/C18H25N5O3S/c1-12-5-2-3-6-13(12)20-16(25)11-27-18-22-21-17(14-7-4-10-26-14)23(18)9-8-15(19)24/h4,7,10,12-13H,2-3,5-6,8-9,11H2,1H3,(H2,19,24)(H,20,25). The van der Waals surface area contributed by atoms with Gasteiger partial charge in [-0.25, -0.2) is 0 Å². The van der Waals surface area contributed by atoms with Crippen LogP contribution < -0.4 is 11.1 Å². The van der Waals surface area contributed by atoms with Gasteiger partial charge in [0.15, 0.2) is 16.7 Å². The predicted octanol–water partition coefficient (Wildman–Crippen LogP) is 2.20. The van der Waals surface area contributed by atoms with Gasteiger partial charge in [0.1, 0.15) is 0 Å². The molecule has 0 aliphatic heterocycles. The zero-order valence-electron chi connectivity index (χ0n) is 15.4. The number of carbonyl (C=O) groups excluding carboxylic acids is 2. The summed E-state index contributed by atoms with van der Waals surface area (Å²) < 4.78 is 7.16. The fourth-order valence-corrected chi connectivity index (χ4v) is 4.09. The summed E-state index contributed by atoms with van der Waals surface area (Å²) in [5.74, 6) is 1.41. The van der Waals surface area contributed by atoms with E-state index >= 15 is 0 Å². The number of primary amides is 1. The summed E-state index contributed by atoms with van der Waals surface area (Å²) >= 11 is 1.30. The van der Waals surface area contributed by atoms with E-state index < -0.39 is 5.91 Å². The minimum absolute atomic E-state index is 0.0113. The Hall–Kier alpha value is -2.29. The topological polar surface area (TPSA) is 116 Å². The molecular formula is C18H25N5O3S. The maximum absolute atomic E-state index is 12.4. The van der Waals surface area contributed by atoms with Gasteiger partial charge in [0.05, 0.1) is 12.0 Å². The largest absolute Gasteiger partial charge is 0.461 e. The Morgan fingerprint density at radius 2 is 2.19 bits per heavy atom. The highest BCUT2D eigenvalue weighted by Gasteiger charge is 2.23. The van der Waals surface area contributed by atoms with Crippen LogP contribution in [0.3, 0.4) is 0 Å². The number of rotatable bonds is 8. The summed E-state index contributed by atoms with van der Waals surface area (Å²) in [4.78, 5) is 23.6. The molecule has 2 heterocycles. The Morgan fingerprint density at radius 1 is 1.37 bits per heavy atom. The molecule has 3 N–H and O–H groups in total. The second kappa shape index (κ2) is 9.07. The third kappa shape index (κ3) is 5.12. The van der Waals surface area contributed by atoms with Crippen LogP contribution in [0, 0.1) is 5.92 Å². The average Bonchev–Trinajstić information content (AvgIpc) is 3.29. The van der Waals surface area contributed by atoms with Crippen LogP contribution in [0.4, 0.5) is 0 Å². The Morgan fingerprint density at radius 3 is 2.89 bits per heavy atom. The summed E-state index contributed by atoms with van der Waals surface area (Å²) in [6.45, 7) is 2.52. The number of amides is 2. The molecule has 1 fully saturated rings. The first-order valence-electron chi connectivity index (χ1n) is 9.22. The van der Waals surface area contributed by atoms with E-state index in [0.717, 1.165) is 19.3 Å². The molecular weight excluding hydrogens is 366 g/mol. The van der Waals surface area contributed by atoms with E-state index in [-0.39, 0.29) is 24.1 Å². The Kier molecular flexibility index (Phi) is 6.54. The lowest BCUT2D eigenvalue weighted by atomic mass is 9.86. The molecule has 1 saturated carbocycles. The van der Waals surface area contributed by atoms with E-state index in [9.17, 15) is 9.59 Å². The first-order chi connectivity index (χ1) is 13.0. The van der Waals surface area contributed by atoms with Crippen molar-refractivity contribution in [3.05, 3.63) is 18.4 Å². The molecule has 9 heteroatoms. The molecule has 27 heavy (non-hydrogen) atoms. The molecule has 2 amide bonds. The number of furan rings is 1. The van der Waals surface area contributed by atoms with Gasteiger partial charge < -0.3 is 15.5 Å². The molecule has 0 aromatic carbocycles. The van der Waals surface area contributed by atoms with Gasteiger partial charge in [-0.1, -0.05) is 31.5 Å². The Labute approximate surface area is 162 Å². The number of carbonyl (C=O) groups is 2. The number of hydrogen-bond acceptors (Lipinski definition) is 6. The van der Waals surface area contributed by atoms with E-state index in [0.29, 0.717) is 29.2 Å². The van der Waals surface area contributed by atoms with Crippen molar-refractivity contribution in [1.82, 2.24) is 20.1 Å². The van der Waals surface area contributed by atoms with Crippen molar-refractivity contribution < 1.29 is 14.0 Å². The molecule has 2 atom stereocenters. The number of nitrogens with one attached hydrogen (secondary N) is 1. The maximum atomic E-state index is 12.4. The van der Waals surface area contributed by atoms with Crippen LogP contribution in [0.5, 0.6) is 0 Å². The first kappa shape index (κ1) is 19.5. The summed E-state index contributed by atoms with van der Waals surface area (Å²) in [5, 5.41) is 12.0. The number of hydrogen-bond donors (Lipinski definition) is 2. The molecule has 1 aliphatic rings. The van der Waals surface area contributed by atoms with Gasteiger partial charge in [0.2, 0.25) is 11.8 Å². The van der Waals surface area contributed by atoms with E-state index in [1.165, 1.54) is 18.2 Å². The predicted molar refractivity (Wildman–Crippen MR) is 102 cm³/mol. The summed E-state index contributed by atoms with van der Waals surface area (Å²) in [6, 6.07) is 3.78. The normalized spacial score (nSPS) is 19.7. The molecule has 146 valence electrons. The molecule has 8 nitrogen and oxygen atoms in total. The molecule has 0 saturated heterocycles. The second-order valence-corrected chi connectivity index (χ2v) is 7.82. The second-order valence-electron chi connectivity index (χ2n) is 6.88. The van der Waals surface area contributed by atoms with Gasteiger partial charge in [0.25, 0.3) is 0 Å². The van der Waals surface area contributed by atoms with Crippen LogP contribution in [0.25, 0.3) is 11.6 Å². The van der Waals surface area contributed by atoms with Crippen molar-refractivity contribution in [3.63, 3.8) is 0 Å². The van der Waals surface area contributed by atoms with Crippen LogP contribution in [0.15, 0.2) is 28.0 Å². The number of nitrogens with zero attached hydrogens (tertiary/aromatic N) is 3. The Bertz CT molecular complexity index is 774. The minimum Gasteiger partial charge on any atom is -0.461 e. The third-order valence-corrected chi connectivity index (χ3v) is 5.80. The monoisotopic (exact) mass is 391 g/mol. The number of nitrogens with two attached hydrogens (primary N) is 1. The van der Waals surface area contributed by atoms with Crippen LogP contribution in [-0.4, -0.2) is 38.4 Å². The molecule has 3 rings (SSSR count). The lowest BCUT2D eigenvalue weighted by Crippen LogP contribution is -2.41. The van der Waals surface area contributed by atoms with Gasteiger partial charge in [-0.15, -0.1) is 10.2 Å². The SMILES string of the molecule is CC1CCCCC1NC(=O)CSc1nnc(-c2ccco2)n1CCC(N)=O. The van der Waals surface area contributed by atoms with E-state index in [1.807, 2.05) is 0 Å². The molecule has 2 aromatic rings. The van der Waals surface area contributed by atoms with Crippen LogP contribution >= 0.6 is 11.8 Å². The molecule has 0 spiro atoms. The summed E-state index contributed by atoms with van der Waals surface area (Å²) in [5.41, 5.74) is 5.28. The fourth-order valence-electron chi connectivity index (χ4n) is 3.32. The first-order valence-corrected chi connectivity index (χ1v) is 10.2. The van der Waals surface area contributed by atoms with Crippen molar-refractivity contribution in [2.45, 2.75) is 56.8 Å². The maximum Gasteiger partial charge on any atom is 0.230 e. The van der Waals surface area contributed by atoms with Crippen molar-refractivity contribution in [2.24, 2.45) is 11.7 Å². The lowest BCUT2D eigenvalue weighted by Gasteiger charge is -2.29. The van der Waals surface area contributed by atoms with Crippen LogP contribution in [0.2, 0.25) is 0 Å². The van der Waals surface area contributed by atoms with Gasteiger partial charge in [0, 0.05) is 19.0 Å². The smallest absolute Gasteiger partial charge is 0.230 e. The zero-order valence-corrected chi connectivity index (χ0v) is 16.2. The highest BCUT2D eigenvalue weighted by molar-refractivity contribution is 7.99. The molecule has 2 aromatic heterocycles. The molecule has 1 aliphatic carbocycles. The Balaban J connectivity index is 1.65. The van der Waals surface area contributed by atoms with Crippen molar-refractivity contribution in [1.29, 1.82) is 0 Å². The van der Waals surface area contributed by atoms with Crippen molar-refractivity contribution in [2.75, 3.05) is 5.75 Å². The summed E-state index contributed by atoms with van der Waals surface area (Å²) in [6.07, 6.45) is 6.30. The van der Waals surface area contributed by atoms with E-state index in [1.54, 1.807) is 23.0 Å². The van der Waals surface area contributed by atoms with Gasteiger partial charge in [-0.2, -0.15) is 0 Å². The number of thioether (sulfide) groups is 1. The molecule has 0 bridgehead atoms. The molecule has 0 radical (unpaired) electrons. The highest BCUT2D eigenvalue weighted by atomic mass is 32.2. The van der Waals surface area contributed by atoms with Crippen molar-refractivity contribution >= 4 is 23.6 Å². The van der Waals surface area contributed by atoms with Gasteiger partial charge in [-0.3, -0.25) is 14.2 Å². The third-order valence-electron chi connectivity index (χ3n) is 4.83. The highest BCUT2D eigenvalue weighted by Crippen LogP contribution is 2.26. The van der Waals surface area contributed by atoms with Gasteiger partial charge in [-0.05, 0) is 30.9 Å². The van der Waals surface area contributed by atoms with Gasteiger partial charge >= 0.3 is 0 Å². The average molecular weight is 391 g/mol.